The lowest BCUT2D eigenvalue weighted by molar-refractivity contribution is -0.122. The van der Waals surface area contributed by atoms with Crippen LogP contribution in [0.4, 0.5) is 0 Å². The SMILES string of the molecule is CN=C(NCCCCCN1CCCCC1)N(C)CC(=O)NC(C)(C)C. The van der Waals surface area contributed by atoms with Gasteiger partial charge in [-0.05, 0) is 66.1 Å². The number of piperidine rings is 1. The number of unbranched alkanes of at least 4 members (excludes halogenated alkanes) is 2. The second kappa shape index (κ2) is 11.3. The maximum atomic E-state index is 12.0. The quantitative estimate of drug-likeness (QED) is 0.398. The van der Waals surface area contributed by atoms with Crippen LogP contribution in [-0.4, -0.2) is 74.0 Å². The third kappa shape index (κ3) is 10.3. The fraction of sp³-hybridized carbons (Fsp3) is 0.895. The number of likely N-dealkylation sites (tertiary alicyclic amines) is 1. The van der Waals surface area contributed by atoms with E-state index in [4.69, 9.17) is 0 Å². The highest BCUT2D eigenvalue weighted by Crippen LogP contribution is 2.09. The number of rotatable bonds is 8. The molecule has 0 atom stereocenters. The Morgan fingerprint density at radius 3 is 2.40 bits per heavy atom. The molecule has 1 aliphatic heterocycles. The largest absolute Gasteiger partial charge is 0.356 e. The number of carbonyl (C=O) groups is 1. The molecule has 25 heavy (non-hydrogen) atoms. The predicted octanol–water partition coefficient (Wildman–Crippen LogP) is 2.06. The number of carbonyl (C=O) groups excluding carboxylic acids is 1. The standard InChI is InChI=1S/C19H39N5O/c1-19(2,3)22-17(25)16-23(5)18(20-4)21-12-8-6-9-13-24-14-10-7-11-15-24/h6-16H2,1-5H3,(H,20,21)(H,22,25). The normalized spacial score (nSPS) is 16.6. The van der Waals surface area contributed by atoms with Gasteiger partial charge in [-0.3, -0.25) is 9.79 Å². The van der Waals surface area contributed by atoms with E-state index >= 15 is 0 Å². The summed E-state index contributed by atoms with van der Waals surface area (Å²) in [5, 5.41) is 6.33. The van der Waals surface area contributed by atoms with Gasteiger partial charge in [0.15, 0.2) is 5.96 Å². The van der Waals surface area contributed by atoms with E-state index in [0.717, 1.165) is 18.9 Å². The number of nitrogens with one attached hydrogen (secondary N) is 2. The molecule has 0 spiro atoms. The Kier molecular flexibility index (Phi) is 9.86. The molecule has 1 amide bonds. The van der Waals surface area contributed by atoms with Crippen LogP contribution in [0.15, 0.2) is 4.99 Å². The monoisotopic (exact) mass is 353 g/mol. The van der Waals surface area contributed by atoms with E-state index in [0.29, 0.717) is 6.54 Å². The average Bonchev–Trinajstić information content (AvgIpc) is 2.53. The van der Waals surface area contributed by atoms with E-state index in [1.165, 1.54) is 51.7 Å². The van der Waals surface area contributed by atoms with Gasteiger partial charge in [-0.25, -0.2) is 0 Å². The van der Waals surface area contributed by atoms with Gasteiger partial charge in [0.05, 0.1) is 6.54 Å². The molecule has 0 aliphatic carbocycles. The molecule has 146 valence electrons. The first-order valence-corrected chi connectivity index (χ1v) is 9.77. The molecule has 0 saturated carbocycles. The zero-order valence-electron chi connectivity index (χ0n) is 17.0. The molecule has 1 aliphatic rings. The van der Waals surface area contributed by atoms with E-state index < -0.39 is 0 Å². The lowest BCUT2D eigenvalue weighted by Crippen LogP contribution is -2.48. The van der Waals surface area contributed by atoms with Gasteiger partial charge in [0.1, 0.15) is 0 Å². The van der Waals surface area contributed by atoms with Crippen molar-refractivity contribution in [2.45, 2.75) is 64.8 Å². The van der Waals surface area contributed by atoms with Crippen molar-refractivity contribution in [3.05, 3.63) is 0 Å². The number of likely N-dealkylation sites (N-methyl/N-ethyl adjacent to an activating group) is 1. The number of hydrogen-bond acceptors (Lipinski definition) is 3. The first-order valence-electron chi connectivity index (χ1n) is 9.77. The first kappa shape index (κ1) is 21.7. The minimum atomic E-state index is -0.205. The highest BCUT2D eigenvalue weighted by atomic mass is 16.2. The lowest BCUT2D eigenvalue weighted by atomic mass is 10.1. The molecule has 0 aromatic heterocycles. The number of amides is 1. The highest BCUT2D eigenvalue weighted by Gasteiger charge is 2.16. The van der Waals surface area contributed by atoms with Gasteiger partial charge < -0.3 is 20.4 Å². The van der Waals surface area contributed by atoms with Crippen LogP contribution >= 0.6 is 0 Å². The fourth-order valence-electron chi connectivity index (χ4n) is 3.15. The number of aliphatic imine (C=N–C) groups is 1. The predicted molar refractivity (Wildman–Crippen MR) is 106 cm³/mol. The lowest BCUT2D eigenvalue weighted by Gasteiger charge is -2.26. The molecular weight excluding hydrogens is 314 g/mol. The van der Waals surface area contributed by atoms with Crippen LogP contribution in [0.1, 0.15) is 59.3 Å². The third-order valence-corrected chi connectivity index (χ3v) is 4.35. The summed E-state index contributed by atoms with van der Waals surface area (Å²) < 4.78 is 0. The van der Waals surface area contributed by atoms with Crippen LogP contribution < -0.4 is 10.6 Å². The van der Waals surface area contributed by atoms with Gasteiger partial charge in [0.25, 0.3) is 0 Å². The molecule has 6 nitrogen and oxygen atoms in total. The molecule has 1 heterocycles. The van der Waals surface area contributed by atoms with Crippen molar-refractivity contribution in [1.82, 2.24) is 20.4 Å². The molecule has 1 saturated heterocycles. The summed E-state index contributed by atoms with van der Waals surface area (Å²) in [6.45, 7) is 11.0. The maximum absolute atomic E-state index is 12.0. The minimum absolute atomic E-state index is 0.0134. The van der Waals surface area contributed by atoms with Crippen LogP contribution in [0, 0.1) is 0 Å². The average molecular weight is 354 g/mol. The van der Waals surface area contributed by atoms with E-state index in [1.807, 2.05) is 32.7 Å². The number of hydrogen-bond donors (Lipinski definition) is 2. The van der Waals surface area contributed by atoms with Crippen molar-refractivity contribution >= 4 is 11.9 Å². The summed E-state index contributed by atoms with van der Waals surface area (Å²) in [5.74, 6) is 0.791. The van der Waals surface area contributed by atoms with Crippen LogP contribution in [0.3, 0.4) is 0 Å². The molecule has 0 aromatic rings. The van der Waals surface area contributed by atoms with E-state index in [-0.39, 0.29) is 11.4 Å². The van der Waals surface area contributed by atoms with Crippen molar-refractivity contribution in [2.24, 2.45) is 4.99 Å². The van der Waals surface area contributed by atoms with E-state index in [9.17, 15) is 4.79 Å². The Morgan fingerprint density at radius 2 is 1.80 bits per heavy atom. The van der Waals surface area contributed by atoms with Gasteiger partial charge in [0, 0.05) is 26.2 Å². The highest BCUT2D eigenvalue weighted by molar-refractivity contribution is 5.86. The van der Waals surface area contributed by atoms with Gasteiger partial charge in [-0.15, -0.1) is 0 Å². The fourth-order valence-corrected chi connectivity index (χ4v) is 3.15. The Morgan fingerprint density at radius 1 is 1.12 bits per heavy atom. The molecule has 0 radical (unpaired) electrons. The summed E-state index contributed by atoms with van der Waals surface area (Å²) in [5.41, 5.74) is -0.205. The topological polar surface area (TPSA) is 60.0 Å². The summed E-state index contributed by atoms with van der Waals surface area (Å²) in [7, 11) is 3.66. The van der Waals surface area contributed by atoms with E-state index in [2.05, 4.69) is 20.5 Å². The summed E-state index contributed by atoms with van der Waals surface area (Å²) in [4.78, 5) is 20.8. The Hall–Kier alpha value is -1.30. The Bertz CT molecular complexity index is 411. The summed E-state index contributed by atoms with van der Waals surface area (Å²) in [6, 6.07) is 0. The second-order valence-electron chi connectivity index (χ2n) is 8.09. The maximum Gasteiger partial charge on any atom is 0.240 e. The van der Waals surface area contributed by atoms with Gasteiger partial charge in [-0.2, -0.15) is 0 Å². The molecule has 1 rings (SSSR count). The van der Waals surface area contributed by atoms with Crippen molar-refractivity contribution in [2.75, 3.05) is 46.8 Å². The molecule has 0 unspecified atom stereocenters. The van der Waals surface area contributed by atoms with Crippen LogP contribution in [-0.2, 0) is 4.79 Å². The zero-order valence-corrected chi connectivity index (χ0v) is 17.0. The summed E-state index contributed by atoms with van der Waals surface area (Å²) >= 11 is 0. The smallest absolute Gasteiger partial charge is 0.240 e. The first-order chi connectivity index (χ1) is 11.8. The van der Waals surface area contributed by atoms with E-state index in [1.54, 1.807) is 7.05 Å². The number of guanidine groups is 1. The minimum Gasteiger partial charge on any atom is -0.356 e. The van der Waals surface area contributed by atoms with Crippen molar-refractivity contribution in [3.63, 3.8) is 0 Å². The van der Waals surface area contributed by atoms with Gasteiger partial charge in [0.2, 0.25) is 5.91 Å². The molecule has 1 fully saturated rings. The van der Waals surface area contributed by atoms with Gasteiger partial charge >= 0.3 is 0 Å². The van der Waals surface area contributed by atoms with Crippen LogP contribution in [0.2, 0.25) is 0 Å². The zero-order chi connectivity index (χ0) is 18.7. The van der Waals surface area contributed by atoms with Gasteiger partial charge in [-0.1, -0.05) is 12.8 Å². The van der Waals surface area contributed by atoms with Crippen LogP contribution in [0.25, 0.3) is 0 Å². The molecule has 0 aromatic carbocycles. The molecule has 6 heteroatoms. The second-order valence-corrected chi connectivity index (χ2v) is 8.09. The summed E-state index contributed by atoms with van der Waals surface area (Å²) in [6.07, 6.45) is 7.77. The Labute approximate surface area is 154 Å². The Balaban J connectivity index is 2.15. The number of nitrogens with zero attached hydrogens (tertiary/aromatic N) is 3. The van der Waals surface area contributed by atoms with Crippen molar-refractivity contribution < 1.29 is 4.79 Å². The molecule has 0 bridgehead atoms. The molecular formula is C19H39N5O. The van der Waals surface area contributed by atoms with Crippen LogP contribution in [0.5, 0.6) is 0 Å². The molecule has 2 N–H and O–H groups in total. The third-order valence-electron chi connectivity index (χ3n) is 4.35. The van der Waals surface area contributed by atoms with Crippen molar-refractivity contribution in [1.29, 1.82) is 0 Å². The van der Waals surface area contributed by atoms with Crippen molar-refractivity contribution in [3.8, 4) is 0 Å².